The minimum absolute atomic E-state index is 0.159. The maximum absolute atomic E-state index is 12.0. The number of nitrogens with zero attached hydrogens (tertiary/aromatic N) is 1. The molecule has 0 saturated carbocycles. The van der Waals surface area contributed by atoms with Gasteiger partial charge in [-0.1, -0.05) is 18.2 Å². The summed E-state index contributed by atoms with van der Waals surface area (Å²) < 4.78 is 10.7. The molecule has 0 radical (unpaired) electrons. The SMILES string of the molecule is COc1ccc(CN2CC=CC(OC(=O)C(C)(C)C)C2)cc1. The van der Waals surface area contributed by atoms with E-state index in [9.17, 15) is 4.79 Å². The molecule has 1 heterocycles. The Morgan fingerprint density at radius 2 is 1.95 bits per heavy atom. The summed E-state index contributed by atoms with van der Waals surface area (Å²) in [6.45, 7) is 8.04. The topological polar surface area (TPSA) is 38.8 Å². The van der Waals surface area contributed by atoms with Gasteiger partial charge in [0.25, 0.3) is 0 Å². The second kappa shape index (κ2) is 6.97. The first-order chi connectivity index (χ1) is 10.4. The van der Waals surface area contributed by atoms with Gasteiger partial charge >= 0.3 is 5.97 Å². The first kappa shape index (κ1) is 16.6. The van der Waals surface area contributed by atoms with Crippen molar-refractivity contribution in [2.24, 2.45) is 5.41 Å². The first-order valence-corrected chi connectivity index (χ1v) is 7.61. The Labute approximate surface area is 132 Å². The molecule has 0 fully saturated rings. The molecule has 1 atom stereocenters. The van der Waals surface area contributed by atoms with Crippen LogP contribution in [0.25, 0.3) is 0 Å². The molecule has 0 spiro atoms. The second-order valence-corrected chi connectivity index (χ2v) is 6.66. The Bertz CT molecular complexity index is 528. The third-order valence-electron chi connectivity index (χ3n) is 3.59. The Hall–Kier alpha value is -1.81. The van der Waals surface area contributed by atoms with Crippen LogP contribution in [0.15, 0.2) is 36.4 Å². The summed E-state index contributed by atoms with van der Waals surface area (Å²) in [5, 5.41) is 0. The Kier molecular flexibility index (Phi) is 5.24. The van der Waals surface area contributed by atoms with Gasteiger partial charge in [0.15, 0.2) is 0 Å². The number of benzene rings is 1. The van der Waals surface area contributed by atoms with Crippen molar-refractivity contribution in [2.45, 2.75) is 33.4 Å². The molecule has 4 heteroatoms. The van der Waals surface area contributed by atoms with E-state index < -0.39 is 5.41 Å². The fourth-order valence-electron chi connectivity index (χ4n) is 2.26. The molecule has 0 bridgehead atoms. The minimum atomic E-state index is -0.466. The van der Waals surface area contributed by atoms with Crippen molar-refractivity contribution in [1.82, 2.24) is 4.90 Å². The molecule has 22 heavy (non-hydrogen) atoms. The zero-order valence-electron chi connectivity index (χ0n) is 13.8. The number of methoxy groups -OCH3 is 1. The maximum Gasteiger partial charge on any atom is 0.311 e. The van der Waals surface area contributed by atoms with Crippen LogP contribution in [-0.2, 0) is 16.1 Å². The van der Waals surface area contributed by atoms with Gasteiger partial charge in [-0.2, -0.15) is 0 Å². The Morgan fingerprint density at radius 1 is 1.27 bits per heavy atom. The highest BCUT2D eigenvalue weighted by Crippen LogP contribution is 2.19. The fourth-order valence-corrected chi connectivity index (χ4v) is 2.26. The van der Waals surface area contributed by atoms with E-state index in [0.29, 0.717) is 0 Å². The van der Waals surface area contributed by atoms with Crippen LogP contribution in [-0.4, -0.2) is 37.2 Å². The molecule has 1 aromatic carbocycles. The molecule has 0 aromatic heterocycles. The van der Waals surface area contributed by atoms with Gasteiger partial charge in [0.2, 0.25) is 0 Å². The molecule has 120 valence electrons. The fraction of sp³-hybridized carbons (Fsp3) is 0.500. The molecule has 0 saturated heterocycles. The number of rotatable bonds is 4. The molecule has 0 amide bonds. The van der Waals surface area contributed by atoms with Crippen LogP contribution in [0.1, 0.15) is 26.3 Å². The lowest BCUT2D eigenvalue weighted by Gasteiger charge is -2.30. The molecule has 1 aliphatic rings. The van der Waals surface area contributed by atoms with Gasteiger partial charge in [0, 0.05) is 19.6 Å². The van der Waals surface area contributed by atoms with Crippen LogP contribution in [0.5, 0.6) is 5.75 Å². The van der Waals surface area contributed by atoms with Crippen LogP contribution in [0.3, 0.4) is 0 Å². The molecule has 4 nitrogen and oxygen atoms in total. The largest absolute Gasteiger partial charge is 0.497 e. The molecular formula is C18H25NO3. The normalized spacial score (nSPS) is 19.0. The molecular weight excluding hydrogens is 278 g/mol. The lowest BCUT2D eigenvalue weighted by molar-refractivity contribution is -0.157. The second-order valence-electron chi connectivity index (χ2n) is 6.66. The van der Waals surface area contributed by atoms with Crippen molar-refractivity contribution in [3.8, 4) is 5.75 Å². The highest BCUT2D eigenvalue weighted by molar-refractivity contribution is 5.75. The summed E-state index contributed by atoms with van der Waals surface area (Å²) in [4.78, 5) is 14.2. The average Bonchev–Trinajstić information content (AvgIpc) is 2.47. The van der Waals surface area contributed by atoms with Crippen LogP contribution in [0.2, 0.25) is 0 Å². The van der Waals surface area contributed by atoms with Crippen LogP contribution >= 0.6 is 0 Å². The molecule has 1 unspecified atom stereocenters. The van der Waals surface area contributed by atoms with Gasteiger partial charge in [0.05, 0.1) is 12.5 Å². The standard InChI is InChI=1S/C18H25NO3/c1-18(2,3)17(20)22-16-6-5-11-19(13-16)12-14-7-9-15(21-4)10-8-14/h5-10,16H,11-13H2,1-4H3. The van der Waals surface area contributed by atoms with Gasteiger partial charge in [-0.3, -0.25) is 9.69 Å². The highest BCUT2D eigenvalue weighted by Gasteiger charge is 2.27. The summed E-state index contributed by atoms with van der Waals surface area (Å²) in [7, 11) is 1.67. The molecule has 0 N–H and O–H groups in total. The van der Waals surface area contributed by atoms with Gasteiger partial charge in [-0.25, -0.2) is 0 Å². The number of carbonyl (C=O) groups excluding carboxylic acids is 1. The predicted molar refractivity (Wildman–Crippen MR) is 86.7 cm³/mol. The van der Waals surface area contributed by atoms with Crippen molar-refractivity contribution in [1.29, 1.82) is 0 Å². The summed E-state index contributed by atoms with van der Waals surface area (Å²) in [6.07, 6.45) is 3.88. The predicted octanol–water partition coefficient (Wildman–Crippen LogP) is 3.02. The molecule has 1 aromatic rings. The van der Waals surface area contributed by atoms with Gasteiger partial charge in [0.1, 0.15) is 11.9 Å². The Morgan fingerprint density at radius 3 is 2.55 bits per heavy atom. The maximum atomic E-state index is 12.0. The van der Waals surface area contributed by atoms with Gasteiger partial charge in [-0.05, 0) is 44.5 Å². The van der Waals surface area contributed by atoms with Crippen molar-refractivity contribution in [3.05, 3.63) is 42.0 Å². The first-order valence-electron chi connectivity index (χ1n) is 7.61. The highest BCUT2D eigenvalue weighted by atomic mass is 16.5. The third kappa shape index (κ3) is 4.60. The molecule has 1 aliphatic heterocycles. The van der Waals surface area contributed by atoms with E-state index in [2.05, 4.69) is 23.1 Å². The van der Waals surface area contributed by atoms with Gasteiger partial charge < -0.3 is 9.47 Å². The lowest BCUT2D eigenvalue weighted by atomic mass is 9.97. The number of carbonyl (C=O) groups is 1. The van der Waals surface area contributed by atoms with Crippen molar-refractivity contribution < 1.29 is 14.3 Å². The van der Waals surface area contributed by atoms with E-state index in [4.69, 9.17) is 9.47 Å². The van der Waals surface area contributed by atoms with Crippen molar-refractivity contribution >= 4 is 5.97 Å². The summed E-state index contributed by atoms with van der Waals surface area (Å²) in [5.41, 5.74) is 0.753. The van der Waals surface area contributed by atoms with Crippen LogP contribution in [0.4, 0.5) is 0 Å². The van der Waals surface area contributed by atoms with E-state index in [-0.39, 0.29) is 12.1 Å². The van der Waals surface area contributed by atoms with E-state index in [1.807, 2.05) is 39.0 Å². The number of esters is 1. The van der Waals surface area contributed by atoms with E-state index in [1.165, 1.54) is 5.56 Å². The monoisotopic (exact) mass is 303 g/mol. The third-order valence-corrected chi connectivity index (χ3v) is 3.59. The van der Waals surface area contributed by atoms with Gasteiger partial charge in [-0.15, -0.1) is 0 Å². The molecule has 2 rings (SSSR count). The van der Waals surface area contributed by atoms with E-state index in [0.717, 1.165) is 25.4 Å². The number of hydrogen-bond acceptors (Lipinski definition) is 4. The van der Waals surface area contributed by atoms with Crippen LogP contribution < -0.4 is 4.74 Å². The van der Waals surface area contributed by atoms with E-state index in [1.54, 1.807) is 7.11 Å². The summed E-state index contributed by atoms with van der Waals surface area (Å²) in [5.74, 6) is 0.702. The Balaban J connectivity index is 1.91. The summed E-state index contributed by atoms with van der Waals surface area (Å²) >= 11 is 0. The average molecular weight is 303 g/mol. The van der Waals surface area contributed by atoms with Crippen molar-refractivity contribution in [3.63, 3.8) is 0 Å². The smallest absolute Gasteiger partial charge is 0.311 e. The van der Waals surface area contributed by atoms with Crippen LogP contribution in [0, 0.1) is 5.41 Å². The quantitative estimate of drug-likeness (QED) is 0.633. The minimum Gasteiger partial charge on any atom is -0.497 e. The molecule has 0 aliphatic carbocycles. The zero-order chi connectivity index (χ0) is 16.2. The lowest BCUT2D eigenvalue weighted by Crippen LogP contribution is -2.39. The number of hydrogen-bond donors (Lipinski definition) is 0. The zero-order valence-corrected chi connectivity index (χ0v) is 13.8. The van der Waals surface area contributed by atoms with E-state index >= 15 is 0 Å². The number of ether oxygens (including phenoxy) is 2. The summed E-state index contributed by atoms with van der Waals surface area (Å²) in [6, 6.07) is 8.05. The van der Waals surface area contributed by atoms with Crippen molar-refractivity contribution in [2.75, 3.05) is 20.2 Å².